The van der Waals surface area contributed by atoms with Crippen molar-refractivity contribution in [1.82, 2.24) is 4.98 Å². The van der Waals surface area contributed by atoms with E-state index in [0.717, 1.165) is 24.6 Å². The first-order valence-electron chi connectivity index (χ1n) is 7.13. The van der Waals surface area contributed by atoms with E-state index < -0.39 is 17.6 Å². The molecule has 0 aliphatic heterocycles. The molecule has 3 rings (SSSR count). The number of oxazole rings is 1. The zero-order chi connectivity index (χ0) is 18.9. The van der Waals surface area contributed by atoms with Crippen molar-refractivity contribution in [3.05, 3.63) is 70.2 Å². The molecule has 0 unspecified atom stereocenters. The maximum Gasteiger partial charge on any atom is 0.416 e. The van der Waals surface area contributed by atoms with E-state index in [0.29, 0.717) is 10.6 Å². The van der Waals surface area contributed by atoms with E-state index in [4.69, 9.17) is 27.6 Å². The van der Waals surface area contributed by atoms with E-state index in [9.17, 15) is 18.0 Å². The van der Waals surface area contributed by atoms with E-state index in [-0.39, 0.29) is 22.2 Å². The minimum Gasteiger partial charge on any atom is -0.443 e. The lowest BCUT2D eigenvalue weighted by Gasteiger charge is -2.11. The average molecular weight is 401 g/mol. The van der Waals surface area contributed by atoms with Crippen LogP contribution in [0, 0.1) is 0 Å². The zero-order valence-corrected chi connectivity index (χ0v) is 14.3. The number of hydrogen-bond acceptors (Lipinski definition) is 3. The van der Waals surface area contributed by atoms with Gasteiger partial charge in [-0.3, -0.25) is 4.79 Å². The summed E-state index contributed by atoms with van der Waals surface area (Å²) in [5.74, 6) is -0.636. The van der Waals surface area contributed by atoms with E-state index in [1.54, 1.807) is 24.3 Å². The number of alkyl halides is 3. The first kappa shape index (κ1) is 18.3. The number of anilines is 1. The van der Waals surface area contributed by atoms with Crippen LogP contribution in [0.4, 0.5) is 18.9 Å². The third kappa shape index (κ3) is 3.84. The molecule has 1 heterocycles. The Labute approximate surface area is 155 Å². The Hall–Kier alpha value is -2.51. The molecule has 0 aliphatic rings. The smallest absolute Gasteiger partial charge is 0.416 e. The summed E-state index contributed by atoms with van der Waals surface area (Å²) in [6.45, 7) is 0. The SMILES string of the molecule is O=C(Nc1cc(C(F)(F)F)ccc1Cl)c1ncoc1-c1cccc(Cl)c1. The predicted molar refractivity (Wildman–Crippen MR) is 91.4 cm³/mol. The van der Waals surface area contributed by atoms with Crippen LogP contribution in [0.25, 0.3) is 11.3 Å². The zero-order valence-electron chi connectivity index (χ0n) is 12.8. The molecule has 1 N–H and O–H groups in total. The average Bonchev–Trinajstić information content (AvgIpc) is 3.05. The molecule has 134 valence electrons. The molecule has 0 saturated carbocycles. The third-order valence-corrected chi connectivity index (χ3v) is 3.98. The minimum absolute atomic E-state index is 0.0425. The Morgan fingerprint density at radius 3 is 2.58 bits per heavy atom. The summed E-state index contributed by atoms with van der Waals surface area (Å²) in [7, 11) is 0. The summed E-state index contributed by atoms with van der Waals surface area (Å²) in [5, 5.41) is 2.70. The fraction of sp³-hybridized carbons (Fsp3) is 0.0588. The molecular weight excluding hydrogens is 392 g/mol. The van der Waals surface area contributed by atoms with Crippen LogP contribution in [0.3, 0.4) is 0 Å². The standard InChI is InChI=1S/C17H9Cl2F3N2O2/c18-11-3-1-2-9(6-11)15-14(23-8-26-15)16(25)24-13-7-10(17(20,21)22)4-5-12(13)19/h1-8H,(H,24,25). The minimum atomic E-state index is -4.57. The monoisotopic (exact) mass is 400 g/mol. The number of nitrogens with zero attached hydrogens (tertiary/aromatic N) is 1. The largest absolute Gasteiger partial charge is 0.443 e. The lowest BCUT2D eigenvalue weighted by Crippen LogP contribution is -2.15. The Balaban J connectivity index is 1.92. The lowest BCUT2D eigenvalue weighted by atomic mass is 10.1. The van der Waals surface area contributed by atoms with Gasteiger partial charge in [0.15, 0.2) is 17.8 Å². The number of hydrogen-bond donors (Lipinski definition) is 1. The number of carbonyl (C=O) groups excluding carboxylic acids is 1. The summed E-state index contributed by atoms with van der Waals surface area (Å²) in [6.07, 6.45) is -3.51. The fourth-order valence-electron chi connectivity index (χ4n) is 2.22. The highest BCUT2D eigenvalue weighted by Gasteiger charge is 2.31. The van der Waals surface area contributed by atoms with Crippen molar-refractivity contribution in [3.8, 4) is 11.3 Å². The van der Waals surface area contributed by atoms with Crippen molar-refractivity contribution in [3.63, 3.8) is 0 Å². The molecule has 0 bridgehead atoms. The lowest BCUT2D eigenvalue weighted by molar-refractivity contribution is -0.137. The van der Waals surface area contributed by atoms with E-state index in [1.165, 1.54) is 0 Å². The van der Waals surface area contributed by atoms with E-state index in [1.807, 2.05) is 0 Å². The van der Waals surface area contributed by atoms with Crippen LogP contribution in [0.2, 0.25) is 10.0 Å². The van der Waals surface area contributed by atoms with Crippen LogP contribution < -0.4 is 5.32 Å². The Bertz CT molecular complexity index is 971. The fourth-order valence-corrected chi connectivity index (χ4v) is 2.58. The number of halogens is 5. The van der Waals surface area contributed by atoms with Crippen LogP contribution in [0.1, 0.15) is 16.1 Å². The predicted octanol–water partition coefficient (Wildman–Crippen LogP) is 5.92. The molecule has 9 heteroatoms. The van der Waals surface area contributed by atoms with Crippen molar-refractivity contribution in [1.29, 1.82) is 0 Å². The number of carbonyl (C=O) groups is 1. The second-order valence-corrected chi connectivity index (χ2v) is 6.03. The summed E-state index contributed by atoms with van der Waals surface area (Å²) < 4.78 is 43.7. The van der Waals surface area contributed by atoms with Crippen LogP contribution >= 0.6 is 23.2 Å². The Morgan fingerprint density at radius 2 is 1.88 bits per heavy atom. The molecule has 0 aliphatic carbocycles. The topological polar surface area (TPSA) is 55.1 Å². The first-order valence-corrected chi connectivity index (χ1v) is 7.89. The normalized spacial score (nSPS) is 11.4. The van der Waals surface area contributed by atoms with E-state index >= 15 is 0 Å². The third-order valence-electron chi connectivity index (χ3n) is 3.41. The molecule has 2 aromatic carbocycles. The molecule has 0 spiro atoms. The number of rotatable bonds is 3. The second-order valence-electron chi connectivity index (χ2n) is 5.19. The van der Waals surface area contributed by atoms with Gasteiger partial charge in [0.25, 0.3) is 5.91 Å². The molecule has 4 nitrogen and oxygen atoms in total. The van der Waals surface area contributed by atoms with Crippen molar-refractivity contribution in [2.45, 2.75) is 6.18 Å². The van der Waals surface area contributed by atoms with Gasteiger partial charge in [-0.1, -0.05) is 35.3 Å². The van der Waals surface area contributed by atoms with Crippen LogP contribution in [-0.4, -0.2) is 10.9 Å². The van der Waals surface area contributed by atoms with Gasteiger partial charge in [-0.15, -0.1) is 0 Å². The van der Waals surface area contributed by atoms with Crippen molar-refractivity contribution >= 4 is 34.8 Å². The second kappa shape index (κ2) is 7.01. The van der Waals surface area contributed by atoms with Crippen molar-refractivity contribution in [2.24, 2.45) is 0 Å². The summed E-state index contributed by atoms with van der Waals surface area (Å²) in [6, 6.07) is 9.15. The highest BCUT2D eigenvalue weighted by molar-refractivity contribution is 6.34. The van der Waals surface area contributed by atoms with Gasteiger partial charge >= 0.3 is 6.18 Å². The number of benzene rings is 2. The molecule has 3 aromatic rings. The molecule has 0 fully saturated rings. The van der Waals surface area contributed by atoms with E-state index in [2.05, 4.69) is 10.3 Å². The highest BCUT2D eigenvalue weighted by Crippen LogP contribution is 2.34. The van der Waals surface area contributed by atoms with Gasteiger partial charge in [-0.25, -0.2) is 4.98 Å². The quantitative estimate of drug-likeness (QED) is 0.593. The maximum absolute atomic E-state index is 12.8. The summed E-state index contributed by atoms with van der Waals surface area (Å²) in [4.78, 5) is 16.3. The van der Waals surface area contributed by atoms with Gasteiger partial charge in [0.05, 0.1) is 16.3 Å². The number of nitrogens with one attached hydrogen (secondary N) is 1. The Kier molecular flexibility index (Phi) is 4.93. The molecule has 1 amide bonds. The van der Waals surface area contributed by atoms with Gasteiger partial charge in [-0.05, 0) is 30.3 Å². The van der Waals surface area contributed by atoms with Gasteiger partial charge in [0.1, 0.15) is 0 Å². The van der Waals surface area contributed by atoms with Crippen LogP contribution in [0.15, 0.2) is 53.3 Å². The molecule has 0 atom stereocenters. The first-order chi connectivity index (χ1) is 12.3. The van der Waals surface area contributed by atoms with Gasteiger partial charge in [0, 0.05) is 10.6 Å². The van der Waals surface area contributed by atoms with Gasteiger partial charge < -0.3 is 9.73 Å². The molecule has 0 radical (unpaired) electrons. The molecular formula is C17H9Cl2F3N2O2. The summed E-state index contributed by atoms with van der Waals surface area (Å²) in [5.41, 5.74) is -0.741. The number of amides is 1. The van der Waals surface area contributed by atoms with Crippen LogP contribution in [0.5, 0.6) is 0 Å². The van der Waals surface area contributed by atoms with Gasteiger partial charge in [0.2, 0.25) is 0 Å². The highest BCUT2D eigenvalue weighted by atomic mass is 35.5. The molecule has 26 heavy (non-hydrogen) atoms. The van der Waals surface area contributed by atoms with Crippen LogP contribution in [-0.2, 0) is 6.18 Å². The van der Waals surface area contributed by atoms with Crippen molar-refractivity contribution in [2.75, 3.05) is 5.32 Å². The number of aromatic nitrogens is 1. The van der Waals surface area contributed by atoms with Crippen molar-refractivity contribution < 1.29 is 22.4 Å². The van der Waals surface area contributed by atoms with Gasteiger partial charge in [-0.2, -0.15) is 13.2 Å². The summed E-state index contributed by atoms with van der Waals surface area (Å²) >= 11 is 11.8. The molecule has 0 saturated heterocycles. The maximum atomic E-state index is 12.8. The molecule has 1 aromatic heterocycles. The Morgan fingerprint density at radius 1 is 1.12 bits per heavy atom.